The molecule has 2 aliphatic rings. The summed E-state index contributed by atoms with van der Waals surface area (Å²) >= 11 is 0. The summed E-state index contributed by atoms with van der Waals surface area (Å²) in [7, 11) is 0. The minimum absolute atomic E-state index is 0.162. The molecule has 0 aromatic carbocycles. The smallest absolute Gasteiger partial charge is 0.242 e. The van der Waals surface area contributed by atoms with Crippen LogP contribution in [0.3, 0.4) is 0 Å². The second kappa shape index (κ2) is 4.63. The Morgan fingerprint density at radius 3 is 2.68 bits per heavy atom. The van der Waals surface area contributed by atoms with Crippen LogP contribution in [0.1, 0.15) is 44.1 Å². The fourth-order valence-electron chi connectivity index (χ4n) is 2.84. The SMILES string of the molecule is CCn1cc(C2CCN(C(=O)C3(N)CC3)CC2)cn1. The van der Waals surface area contributed by atoms with Gasteiger partial charge in [0, 0.05) is 25.8 Å². The Hall–Kier alpha value is -1.36. The van der Waals surface area contributed by atoms with Crippen molar-refractivity contribution in [2.24, 2.45) is 5.73 Å². The van der Waals surface area contributed by atoms with E-state index in [4.69, 9.17) is 5.73 Å². The second-order valence-corrected chi connectivity index (χ2v) is 5.85. The maximum Gasteiger partial charge on any atom is 0.242 e. The van der Waals surface area contributed by atoms with Gasteiger partial charge in [-0.05, 0) is 44.1 Å². The highest BCUT2D eigenvalue weighted by molar-refractivity contribution is 5.89. The number of carbonyl (C=O) groups is 1. The lowest BCUT2D eigenvalue weighted by atomic mass is 9.91. The van der Waals surface area contributed by atoms with Crippen LogP contribution in [0.15, 0.2) is 12.4 Å². The maximum absolute atomic E-state index is 12.2. The molecule has 3 rings (SSSR count). The lowest BCUT2D eigenvalue weighted by Crippen LogP contribution is -2.48. The van der Waals surface area contributed by atoms with Crippen LogP contribution in [0, 0.1) is 0 Å². The average Bonchev–Trinajstić information content (AvgIpc) is 3.03. The minimum Gasteiger partial charge on any atom is -0.341 e. The Bertz CT molecular complexity index is 470. The van der Waals surface area contributed by atoms with Crippen molar-refractivity contribution in [2.75, 3.05) is 13.1 Å². The molecule has 2 heterocycles. The van der Waals surface area contributed by atoms with Gasteiger partial charge in [0.25, 0.3) is 0 Å². The zero-order valence-electron chi connectivity index (χ0n) is 11.5. The van der Waals surface area contributed by atoms with Crippen molar-refractivity contribution in [1.82, 2.24) is 14.7 Å². The molecule has 2 N–H and O–H groups in total. The summed E-state index contributed by atoms with van der Waals surface area (Å²) in [5, 5.41) is 4.33. The number of aryl methyl sites for hydroxylation is 1. The van der Waals surface area contributed by atoms with Gasteiger partial charge < -0.3 is 10.6 Å². The molecule has 1 aliphatic carbocycles. The zero-order chi connectivity index (χ0) is 13.5. The fourth-order valence-corrected chi connectivity index (χ4v) is 2.84. The molecule has 0 radical (unpaired) electrons. The Morgan fingerprint density at radius 2 is 2.16 bits per heavy atom. The highest BCUT2D eigenvalue weighted by Crippen LogP contribution is 2.36. The van der Waals surface area contributed by atoms with Gasteiger partial charge in [0.2, 0.25) is 5.91 Å². The number of likely N-dealkylation sites (tertiary alicyclic amines) is 1. The van der Waals surface area contributed by atoms with E-state index < -0.39 is 5.54 Å². The minimum atomic E-state index is -0.514. The standard InChI is InChI=1S/C14H22N4O/c1-2-18-10-12(9-16-18)11-3-7-17(8-4-11)13(19)14(15)5-6-14/h9-11H,2-8,15H2,1H3. The van der Waals surface area contributed by atoms with Crippen LogP contribution in [-0.4, -0.2) is 39.2 Å². The molecule has 1 aromatic rings. The predicted molar refractivity (Wildman–Crippen MR) is 72.6 cm³/mol. The van der Waals surface area contributed by atoms with Crippen LogP contribution in [0.25, 0.3) is 0 Å². The fraction of sp³-hybridized carbons (Fsp3) is 0.714. The van der Waals surface area contributed by atoms with Crippen molar-refractivity contribution in [3.05, 3.63) is 18.0 Å². The molecule has 0 unspecified atom stereocenters. The van der Waals surface area contributed by atoms with Gasteiger partial charge in [-0.3, -0.25) is 9.48 Å². The van der Waals surface area contributed by atoms with E-state index >= 15 is 0 Å². The summed E-state index contributed by atoms with van der Waals surface area (Å²) in [6, 6.07) is 0. The molecule has 0 atom stereocenters. The summed E-state index contributed by atoms with van der Waals surface area (Å²) in [5.41, 5.74) is 6.78. The molecule has 1 amide bonds. The van der Waals surface area contributed by atoms with Gasteiger partial charge in [0.05, 0.1) is 11.7 Å². The highest BCUT2D eigenvalue weighted by Gasteiger charge is 2.48. The maximum atomic E-state index is 12.2. The van der Waals surface area contributed by atoms with Gasteiger partial charge in [-0.25, -0.2) is 0 Å². The van der Waals surface area contributed by atoms with Crippen molar-refractivity contribution in [1.29, 1.82) is 0 Å². The number of piperidine rings is 1. The number of rotatable bonds is 3. The van der Waals surface area contributed by atoms with Crippen LogP contribution >= 0.6 is 0 Å². The van der Waals surface area contributed by atoms with Gasteiger partial charge in [-0.1, -0.05) is 0 Å². The summed E-state index contributed by atoms with van der Waals surface area (Å²) < 4.78 is 1.96. The van der Waals surface area contributed by atoms with Crippen LogP contribution in [-0.2, 0) is 11.3 Å². The quantitative estimate of drug-likeness (QED) is 0.887. The van der Waals surface area contributed by atoms with Crippen molar-refractivity contribution in [3.8, 4) is 0 Å². The zero-order valence-corrected chi connectivity index (χ0v) is 11.5. The van der Waals surface area contributed by atoms with E-state index in [1.807, 2.05) is 15.8 Å². The third kappa shape index (κ3) is 2.39. The number of nitrogens with zero attached hydrogens (tertiary/aromatic N) is 3. The molecule has 0 spiro atoms. The van der Waals surface area contributed by atoms with E-state index in [2.05, 4.69) is 18.2 Å². The largest absolute Gasteiger partial charge is 0.341 e. The van der Waals surface area contributed by atoms with Gasteiger partial charge in [0.15, 0.2) is 0 Å². The molecule has 0 bridgehead atoms. The Kier molecular flexibility index (Phi) is 3.09. The summed E-state index contributed by atoms with van der Waals surface area (Å²) in [4.78, 5) is 14.1. The molecule has 1 aromatic heterocycles. The molecule has 1 saturated heterocycles. The molecule has 2 fully saturated rings. The molecule has 5 heteroatoms. The Labute approximate surface area is 113 Å². The summed E-state index contributed by atoms with van der Waals surface area (Å²) in [6.07, 6.45) is 7.86. The number of hydrogen-bond acceptors (Lipinski definition) is 3. The lowest BCUT2D eigenvalue weighted by molar-refractivity contribution is -0.134. The predicted octanol–water partition coefficient (Wildman–Crippen LogP) is 1.10. The first-order chi connectivity index (χ1) is 9.12. The molecule has 104 valence electrons. The van der Waals surface area contributed by atoms with Crippen LogP contribution in [0.4, 0.5) is 0 Å². The summed E-state index contributed by atoms with van der Waals surface area (Å²) in [6.45, 7) is 4.67. The van der Waals surface area contributed by atoms with Crippen LogP contribution in [0.2, 0.25) is 0 Å². The Balaban J connectivity index is 1.58. The number of carbonyl (C=O) groups excluding carboxylic acids is 1. The molecule has 5 nitrogen and oxygen atoms in total. The average molecular weight is 262 g/mol. The highest BCUT2D eigenvalue weighted by atomic mass is 16.2. The monoisotopic (exact) mass is 262 g/mol. The normalized spacial score (nSPS) is 22.5. The third-order valence-corrected chi connectivity index (χ3v) is 4.45. The topological polar surface area (TPSA) is 64.2 Å². The van der Waals surface area contributed by atoms with E-state index in [1.165, 1.54) is 5.56 Å². The van der Waals surface area contributed by atoms with Crippen molar-refractivity contribution in [3.63, 3.8) is 0 Å². The Morgan fingerprint density at radius 1 is 1.47 bits per heavy atom. The number of aromatic nitrogens is 2. The molecule has 19 heavy (non-hydrogen) atoms. The number of nitrogens with two attached hydrogens (primary N) is 1. The van der Waals surface area contributed by atoms with Crippen molar-refractivity contribution < 1.29 is 4.79 Å². The van der Waals surface area contributed by atoms with Gasteiger partial charge in [-0.2, -0.15) is 5.10 Å². The van der Waals surface area contributed by atoms with Crippen molar-refractivity contribution >= 4 is 5.91 Å². The van der Waals surface area contributed by atoms with Crippen molar-refractivity contribution in [2.45, 2.75) is 50.6 Å². The second-order valence-electron chi connectivity index (χ2n) is 5.85. The molecule has 1 saturated carbocycles. The van der Waals surface area contributed by atoms with Gasteiger partial charge >= 0.3 is 0 Å². The van der Waals surface area contributed by atoms with E-state index in [0.717, 1.165) is 45.3 Å². The first kappa shape index (κ1) is 12.7. The molecule has 1 aliphatic heterocycles. The van der Waals surface area contributed by atoms with Gasteiger partial charge in [0.1, 0.15) is 0 Å². The van der Waals surface area contributed by atoms with E-state index in [9.17, 15) is 4.79 Å². The van der Waals surface area contributed by atoms with Gasteiger partial charge in [-0.15, -0.1) is 0 Å². The number of amides is 1. The molecular weight excluding hydrogens is 240 g/mol. The third-order valence-electron chi connectivity index (χ3n) is 4.45. The van der Waals surface area contributed by atoms with E-state index in [0.29, 0.717) is 5.92 Å². The van der Waals surface area contributed by atoms with Crippen LogP contribution in [0.5, 0.6) is 0 Å². The number of hydrogen-bond donors (Lipinski definition) is 1. The van der Waals surface area contributed by atoms with E-state index in [-0.39, 0.29) is 5.91 Å². The summed E-state index contributed by atoms with van der Waals surface area (Å²) in [5.74, 6) is 0.701. The first-order valence-electron chi connectivity index (χ1n) is 7.23. The van der Waals surface area contributed by atoms with Crippen LogP contribution < -0.4 is 5.73 Å². The lowest BCUT2D eigenvalue weighted by Gasteiger charge is -2.33. The van der Waals surface area contributed by atoms with E-state index in [1.54, 1.807) is 0 Å². The first-order valence-corrected chi connectivity index (χ1v) is 7.23. The molecular formula is C14H22N4O.